The van der Waals surface area contributed by atoms with E-state index in [1.54, 1.807) is 30.0 Å². The molecule has 1 heterocycles. The zero-order valence-corrected chi connectivity index (χ0v) is 17.2. The molecule has 2 aromatic rings. The highest BCUT2D eigenvalue weighted by Crippen LogP contribution is 2.37. The Morgan fingerprint density at radius 3 is 2.44 bits per heavy atom. The number of aromatic nitrogens is 3. The molecule has 0 radical (unpaired) electrons. The molecule has 0 atom stereocenters. The molecule has 2 N–H and O–H groups in total. The molecule has 0 amide bonds. The van der Waals surface area contributed by atoms with E-state index in [1.165, 1.54) is 0 Å². The van der Waals surface area contributed by atoms with Crippen molar-refractivity contribution in [3.05, 3.63) is 34.1 Å². The first-order chi connectivity index (χ1) is 11.8. The lowest BCUT2D eigenvalue weighted by molar-refractivity contribution is 0.322. The third kappa shape index (κ3) is 6.47. The second-order valence-corrected chi connectivity index (χ2v) is 9.02. The van der Waals surface area contributed by atoms with Gasteiger partial charge in [-0.2, -0.15) is 21.7 Å². The zero-order chi connectivity index (χ0) is 18.4. The molecule has 0 aliphatic rings. The minimum Gasteiger partial charge on any atom is -0.396 e. The molecule has 5 nitrogen and oxygen atoms in total. The molecule has 11 heteroatoms. The van der Waals surface area contributed by atoms with Crippen molar-refractivity contribution in [2.45, 2.75) is 3.79 Å². The van der Waals surface area contributed by atoms with Gasteiger partial charge < -0.3 is 10.4 Å². The van der Waals surface area contributed by atoms with Gasteiger partial charge in [0.05, 0.1) is 16.7 Å². The predicted molar refractivity (Wildman–Crippen MR) is 107 cm³/mol. The van der Waals surface area contributed by atoms with Gasteiger partial charge in [-0.3, -0.25) is 0 Å². The minimum absolute atomic E-state index is 0.000848. The van der Waals surface area contributed by atoms with E-state index < -0.39 is 3.79 Å². The number of aliphatic hydroxyl groups excluding tert-OH is 1. The van der Waals surface area contributed by atoms with Crippen molar-refractivity contribution >= 4 is 75.7 Å². The van der Waals surface area contributed by atoms with E-state index in [9.17, 15) is 0 Å². The summed E-state index contributed by atoms with van der Waals surface area (Å²) in [5.41, 5.74) is 0.616. The van der Waals surface area contributed by atoms with Crippen LogP contribution in [0.2, 0.25) is 10.0 Å². The van der Waals surface area contributed by atoms with Crippen molar-refractivity contribution in [3.63, 3.8) is 0 Å². The van der Waals surface area contributed by atoms with E-state index in [4.69, 9.17) is 63.1 Å². The quantitative estimate of drug-likeness (QED) is 0.455. The molecular weight excluding hydrogens is 450 g/mol. The highest BCUT2D eigenvalue weighted by Gasteiger charge is 2.28. The molecule has 0 unspecified atom stereocenters. The summed E-state index contributed by atoms with van der Waals surface area (Å²) in [6.07, 6.45) is 0. The number of hydrogen-bond donors (Lipinski definition) is 2. The number of nitrogens with one attached hydrogen (secondary N) is 1. The van der Waals surface area contributed by atoms with Crippen LogP contribution in [-0.4, -0.2) is 44.7 Å². The summed E-state index contributed by atoms with van der Waals surface area (Å²) in [4.78, 5) is 12.7. The zero-order valence-electron chi connectivity index (χ0n) is 12.6. The van der Waals surface area contributed by atoms with Crippen molar-refractivity contribution in [2.75, 3.05) is 30.0 Å². The number of nitrogens with zero attached hydrogens (tertiary/aromatic N) is 3. The summed E-state index contributed by atoms with van der Waals surface area (Å²) >= 11 is 31.3. The maximum Gasteiger partial charge on any atom is 0.250 e. The van der Waals surface area contributed by atoms with E-state index in [0.29, 0.717) is 33.7 Å². The summed E-state index contributed by atoms with van der Waals surface area (Å²) in [5, 5.41) is 12.6. The molecule has 0 aliphatic carbocycles. The van der Waals surface area contributed by atoms with E-state index in [2.05, 4.69) is 20.3 Å². The number of anilines is 1. The van der Waals surface area contributed by atoms with Crippen LogP contribution in [0, 0.1) is 0 Å². The van der Waals surface area contributed by atoms with Gasteiger partial charge in [0, 0.05) is 23.6 Å². The normalized spacial score (nSPS) is 11.6. The van der Waals surface area contributed by atoms with Gasteiger partial charge in [-0.05, 0) is 18.2 Å². The van der Waals surface area contributed by atoms with Crippen LogP contribution in [0.1, 0.15) is 5.82 Å². The van der Waals surface area contributed by atoms with Crippen molar-refractivity contribution < 1.29 is 5.11 Å². The second kappa shape index (κ2) is 9.65. The maximum atomic E-state index is 8.77. The summed E-state index contributed by atoms with van der Waals surface area (Å²) in [7, 11) is 0. The largest absolute Gasteiger partial charge is 0.396 e. The highest BCUT2D eigenvalue weighted by molar-refractivity contribution is 7.99. The smallest absolute Gasteiger partial charge is 0.250 e. The Kier molecular flexibility index (Phi) is 8.14. The van der Waals surface area contributed by atoms with Gasteiger partial charge in [-0.25, -0.2) is 4.98 Å². The predicted octanol–water partition coefficient (Wildman–Crippen LogP) is 4.81. The van der Waals surface area contributed by atoms with Crippen molar-refractivity contribution in [3.8, 4) is 11.4 Å². The van der Waals surface area contributed by atoms with Gasteiger partial charge in [-0.15, -0.1) is 0 Å². The van der Waals surface area contributed by atoms with Gasteiger partial charge in [0.1, 0.15) is 0 Å². The Hall–Kier alpha value is -0.210. The molecular formula is C14H13Cl5N4OS. The van der Waals surface area contributed by atoms with Gasteiger partial charge in [0.25, 0.3) is 0 Å². The molecule has 136 valence electrons. The van der Waals surface area contributed by atoms with Crippen molar-refractivity contribution in [1.82, 2.24) is 15.0 Å². The number of aliphatic hydroxyl groups is 1. The maximum absolute atomic E-state index is 8.77. The Labute approximate surface area is 174 Å². The Balaban J connectivity index is 2.29. The van der Waals surface area contributed by atoms with Gasteiger partial charge >= 0.3 is 0 Å². The fourth-order valence-electron chi connectivity index (χ4n) is 1.75. The number of benzene rings is 1. The van der Waals surface area contributed by atoms with Gasteiger partial charge in [0.2, 0.25) is 9.74 Å². The van der Waals surface area contributed by atoms with E-state index in [1.807, 2.05) is 0 Å². The Morgan fingerprint density at radius 2 is 1.80 bits per heavy atom. The first-order valence-corrected chi connectivity index (χ1v) is 10.1. The third-order valence-corrected chi connectivity index (χ3v) is 5.04. The number of rotatable bonds is 7. The summed E-state index contributed by atoms with van der Waals surface area (Å²) in [6, 6.07) is 4.98. The van der Waals surface area contributed by atoms with E-state index in [-0.39, 0.29) is 18.4 Å². The number of alkyl halides is 3. The molecule has 0 bridgehead atoms. The van der Waals surface area contributed by atoms with Crippen molar-refractivity contribution in [1.29, 1.82) is 0 Å². The number of hydrogen-bond acceptors (Lipinski definition) is 6. The summed E-state index contributed by atoms with van der Waals surface area (Å²) < 4.78 is -1.80. The Morgan fingerprint density at radius 1 is 1.04 bits per heavy atom. The Bertz CT molecular complexity index is 729. The highest BCUT2D eigenvalue weighted by atomic mass is 35.6. The number of halogens is 5. The molecule has 0 saturated heterocycles. The first kappa shape index (κ1) is 21.1. The molecule has 0 saturated carbocycles. The van der Waals surface area contributed by atoms with Gasteiger partial charge in [-0.1, -0.05) is 58.0 Å². The molecule has 25 heavy (non-hydrogen) atoms. The third-order valence-electron chi connectivity index (χ3n) is 2.83. The van der Waals surface area contributed by atoms with Crippen LogP contribution in [0.5, 0.6) is 0 Å². The van der Waals surface area contributed by atoms with Crippen LogP contribution in [0.15, 0.2) is 18.2 Å². The lowest BCUT2D eigenvalue weighted by Gasteiger charge is -2.13. The fraction of sp³-hybridized carbons (Fsp3) is 0.357. The standard InChI is InChI=1S/C14H13Cl5N4OS/c15-9-2-1-8(7-10(9)16)11-21-12(14(17,18)19)23-13(22-11)20-3-5-25-6-4-24/h1-2,7,24H,3-6H2,(H,20,21,22,23). The molecule has 0 spiro atoms. The second-order valence-electron chi connectivity index (χ2n) is 4.70. The lowest BCUT2D eigenvalue weighted by atomic mass is 10.2. The molecule has 2 rings (SSSR count). The van der Waals surface area contributed by atoms with Crippen LogP contribution < -0.4 is 5.32 Å². The lowest BCUT2D eigenvalue weighted by Crippen LogP contribution is -2.15. The SMILES string of the molecule is OCCSCCNc1nc(-c2ccc(Cl)c(Cl)c2)nc(C(Cl)(Cl)Cl)n1. The first-order valence-electron chi connectivity index (χ1n) is 7.02. The average Bonchev–Trinajstić information content (AvgIpc) is 2.56. The minimum atomic E-state index is -1.80. The summed E-state index contributed by atoms with van der Waals surface area (Å²) in [6.45, 7) is 0.712. The van der Waals surface area contributed by atoms with E-state index >= 15 is 0 Å². The van der Waals surface area contributed by atoms with Gasteiger partial charge in [0.15, 0.2) is 11.6 Å². The summed E-state index contributed by atoms with van der Waals surface area (Å²) in [5.74, 6) is 2.01. The monoisotopic (exact) mass is 460 g/mol. The van der Waals surface area contributed by atoms with Crippen LogP contribution in [0.25, 0.3) is 11.4 Å². The topological polar surface area (TPSA) is 70.9 Å². The van der Waals surface area contributed by atoms with Crippen LogP contribution in [0.3, 0.4) is 0 Å². The van der Waals surface area contributed by atoms with Crippen LogP contribution in [0.4, 0.5) is 5.95 Å². The molecule has 0 aliphatic heterocycles. The number of thioether (sulfide) groups is 1. The molecule has 1 aromatic carbocycles. The molecule has 1 aromatic heterocycles. The van der Waals surface area contributed by atoms with Crippen LogP contribution >= 0.6 is 69.8 Å². The van der Waals surface area contributed by atoms with Crippen molar-refractivity contribution in [2.24, 2.45) is 0 Å². The fourth-order valence-corrected chi connectivity index (χ4v) is 2.88. The van der Waals surface area contributed by atoms with Crippen LogP contribution in [-0.2, 0) is 3.79 Å². The average molecular weight is 463 g/mol. The van der Waals surface area contributed by atoms with E-state index in [0.717, 1.165) is 5.75 Å². The molecule has 0 fully saturated rings.